The van der Waals surface area contributed by atoms with E-state index in [9.17, 15) is 18.4 Å². The largest absolute Gasteiger partial charge is 0.324 e. The number of hydrogen-bond acceptors (Lipinski definition) is 3. The Morgan fingerprint density at radius 1 is 1.19 bits per heavy atom. The van der Waals surface area contributed by atoms with Crippen LogP contribution >= 0.6 is 0 Å². The van der Waals surface area contributed by atoms with Crippen LogP contribution in [-0.2, 0) is 9.59 Å². The first-order valence-corrected chi connectivity index (χ1v) is 8.75. The second-order valence-electron chi connectivity index (χ2n) is 6.64. The molecule has 1 atom stereocenters. The van der Waals surface area contributed by atoms with Crippen LogP contribution in [0, 0.1) is 17.6 Å². The maximum atomic E-state index is 13.3. The Bertz CT molecular complexity index is 958. The number of amides is 2. The number of anilines is 2. The molecule has 138 valence electrons. The third kappa shape index (κ3) is 3.32. The Morgan fingerprint density at radius 2 is 2.00 bits per heavy atom. The first kappa shape index (κ1) is 17.3. The number of fused-ring (bicyclic) bond motifs is 2. The number of nitrogens with zero attached hydrogens (tertiary/aromatic N) is 2. The summed E-state index contributed by atoms with van der Waals surface area (Å²) in [5.74, 6) is -3.00. The van der Waals surface area contributed by atoms with E-state index >= 15 is 0 Å². The molecule has 0 aromatic heterocycles. The molecule has 1 aliphatic heterocycles. The zero-order chi connectivity index (χ0) is 19.0. The van der Waals surface area contributed by atoms with Gasteiger partial charge in [0.1, 0.15) is 6.54 Å². The predicted octanol–water partition coefficient (Wildman–Crippen LogP) is 3.82. The molecule has 1 fully saturated rings. The topological polar surface area (TPSA) is 61.8 Å². The number of carbonyl (C=O) groups is 2. The van der Waals surface area contributed by atoms with Crippen LogP contribution in [0.15, 0.2) is 47.5 Å². The van der Waals surface area contributed by atoms with Gasteiger partial charge in [-0.15, -0.1) is 0 Å². The van der Waals surface area contributed by atoms with Crippen LogP contribution in [0.5, 0.6) is 0 Å². The first-order valence-electron chi connectivity index (χ1n) is 8.75. The molecular weight excluding hydrogens is 352 g/mol. The van der Waals surface area contributed by atoms with E-state index in [1.807, 2.05) is 12.1 Å². The van der Waals surface area contributed by atoms with Crippen molar-refractivity contribution in [3.8, 4) is 0 Å². The van der Waals surface area contributed by atoms with Crippen LogP contribution in [0.2, 0.25) is 0 Å². The second-order valence-corrected chi connectivity index (χ2v) is 6.64. The average Bonchev–Trinajstić information content (AvgIpc) is 3.07. The lowest BCUT2D eigenvalue weighted by Gasteiger charge is -2.24. The molecule has 2 aromatic rings. The van der Waals surface area contributed by atoms with E-state index in [1.165, 1.54) is 11.0 Å². The average molecular weight is 369 g/mol. The second kappa shape index (κ2) is 6.90. The highest BCUT2D eigenvalue weighted by atomic mass is 19.2. The lowest BCUT2D eigenvalue weighted by molar-refractivity contribution is -0.122. The molecule has 0 bridgehead atoms. The van der Waals surface area contributed by atoms with Crippen LogP contribution in [0.3, 0.4) is 0 Å². The molecule has 0 saturated heterocycles. The smallest absolute Gasteiger partial charge is 0.244 e. The quantitative estimate of drug-likeness (QED) is 0.894. The minimum absolute atomic E-state index is 0.132. The normalized spacial score (nSPS) is 18.4. The van der Waals surface area contributed by atoms with Crippen molar-refractivity contribution in [1.82, 2.24) is 0 Å². The fourth-order valence-electron chi connectivity index (χ4n) is 3.56. The molecule has 0 unspecified atom stereocenters. The van der Waals surface area contributed by atoms with Gasteiger partial charge in [-0.25, -0.2) is 8.78 Å². The predicted molar refractivity (Wildman–Crippen MR) is 98.2 cm³/mol. The van der Waals surface area contributed by atoms with Crippen LogP contribution in [0.25, 0.3) is 0 Å². The summed E-state index contributed by atoms with van der Waals surface area (Å²) in [6, 6.07) is 10.3. The number of nitrogens with one attached hydrogen (secondary N) is 1. The monoisotopic (exact) mass is 369 g/mol. The van der Waals surface area contributed by atoms with E-state index in [2.05, 4.69) is 10.3 Å². The highest BCUT2D eigenvalue weighted by molar-refractivity contribution is 6.16. The van der Waals surface area contributed by atoms with Crippen LogP contribution in [-0.4, -0.2) is 24.1 Å². The van der Waals surface area contributed by atoms with Gasteiger partial charge in [-0.2, -0.15) is 0 Å². The number of hydrogen-bond donors (Lipinski definition) is 1. The maximum Gasteiger partial charge on any atom is 0.244 e. The van der Waals surface area contributed by atoms with Gasteiger partial charge in [-0.1, -0.05) is 12.1 Å². The summed E-state index contributed by atoms with van der Waals surface area (Å²) in [6.45, 7) is -0.228. The Hall–Kier alpha value is -3.09. The van der Waals surface area contributed by atoms with Crippen molar-refractivity contribution < 1.29 is 18.4 Å². The van der Waals surface area contributed by atoms with Gasteiger partial charge in [-0.05, 0) is 43.5 Å². The highest BCUT2D eigenvalue weighted by Crippen LogP contribution is 2.37. The Balaban J connectivity index is 1.59. The molecular formula is C20H17F2N3O2. The van der Waals surface area contributed by atoms with Crippen molar-refractivity contribution in [3.05, 3.63) is 54.1 Å². The molecule has 4 rings (SSSR count). The minimum Gasteiger partial charge on any atom is -0.324 e. The first-order chi connectivity index (χ1) is 13.0. The molecule has 27 heavy (non-hydrogen) atoms. The molecule has 2 aromatic carbocycles. The molecule has 1 saturated carbocycles. The molecule has 1 heterocycles. The Labute approximate surface area is 154 Å². The van der Waals surface area contributed by atoms with Gasteiger partial charge < -0.3 is 10.2 Å². The van der Waals surface area contributed by atoms with Crippen molar-refractivity contribution in [1.29, 1.82) is 0 Å². The number of para-hydroxylation sites is 2. The van der Waals surface area contributed by atoms with Crippen LogP contribution in [0.4, 0.5) is 25.8 Å². The van der Waals surface area contributed by atoms with Crippen molar-refractivity contribution in [2.75, 3.05) is 16.8 Å². The maximum absolute atomic E-state index is 13.3. The summed E-state index contributed by atoms with van der Waals surface area (Å²) in [4.78, 5) is 31.6. The third-order valence-corrected chi connectivity index (χ3v) is 4.83. The molecule has 0 spiro atoms. The van der Waals surface area contributed by atoms with Gasteiger partial charge in [0.05, 0.1) is 17.3 Å². The van der Waals surface area contributed by atoms with Crippen molar-refractivity contribution in [2.24, 2.45) is 10.9 Å². The number of benzene rings is 2. The number of halogens is 2. The summed E-state index contributed by atoms with van der Waals surface area (Å²) < 4.78 is 26.4. The van der Waals surface area contributed by atoms with Gasteiger partial charge >= 0.3 is 0 Å². The van der Waals surface area contributed by atoms with Gasteiger partial charge in [0, 0.05) is 17.5 Å². The fourth-order valence-corrected chi connectivity index (χ4v) is 3.56. The van der Waals surface area contributed by atoms with E-state index in [-0.39, 0.29) is 24.1 Å². The third-order valence-electron chi connectivity index (χ3n) is 4.83. The molecule has 1 N–H and O–H groups in total. The van der Waals surface area contributed by atoms with E-state index in [0.717, 1.165) is 30.7 Å². The standard InChI is InChI=1S/C20H17F2N3O2/c21-14-9-8-12(10-15(14)22)23-19(26)11-25-18-7-2-1-5-17(18)24-16-6-3-4-13(16)20(25)27/h1-2,5,7-10,13H,3-4,6,11H2,(H,23,26)/t13-/m1/s1. The van der Waals surface area contributed by atoms with Crippen molar-refractivity contribution >= 4 is 34.6 Å². The molecule has 7 heteroatoms. The molecule has 5 nitrogen and oxygen atoms in total. The SMILES string of the molecule is O=C(CN1C(=O)[C@@H]2CCCC2=Nc2ccccc21)Nc1ccc(F)c(F)c1. The number of rotatable bonds is 3. The summed E-state index contributed by atoms with van der Waals surface area (Å²) >= 11 is 0. The van der Waals surface area contributed by atoms with Crippen molar-refractivity contribution in [2.45, 2.75) is 19.3 Å². The summed E-state index contributed by atoms with van der Waals surface area (Å²) in [5.41, 5.74) is 2.22. The number of carbonyl (C=O) groups excluding carboxylic acids is 2. The summed E-state index contributed by atoms with van der Waals surface area (Å²) in [5, 5.41) is 2.51. The summed E-state index contributed by atoms with van der Waals surface area (Å²) in [6.07, 6.45) is 2.39. The minimum atomic E-state index is -1.05. The lowest BCUT2D eigenvalue weighted by atomic mass is 10.1. The van der Waals surface area contributed by atoms with Crippen LogP contribution < -0.4 is 10.2 Å². The molecule has 2 amide bonds. The van der Waals surface area contributed by atoms with E-state index < -0.39 is 17.5 Å². The fraction of sp³-hybridized carbons (Fsp3) is 0.250. The van der Waals surface area contributed by atoms with E-state index in [0.29, 0.717) is 17.8 Å². The zero-order valence-corrected chi connectivity index (χ0v) is 14.4. The number of aliphatic imine (C=N–C) groups is 1. The molecule has 2 aliphatic rings. The van der Waals surface area contributed by atoms with Gasteiger partial charge in [-0.3, -0.25) is 14.6 Å². The van der Waals surface area contributed by atoms with Gasteiger partial charge in [0.15, 0.2) is 11.6 Å². The zero-order valence-electron chi connectivity index (χ0n) is 14.4. The molecule has 0 radical (unpaired) electrons. The van der Waals surface area contributed by atoms with E-state index in [4.69, 9.17) is 0 Å². The Kier molecular flexibility index (Phi) is 4.43. The van der Waals surface area contributed by atoms with E-state index in [1.54, 1.807) is 12.1 Å². The van der Waals surface area contributed by atoms with Crippen molar-refractivity contribution in [3.63, 3.8) is 0 Å². The van der Waals surface area contributed by atoms with Gasteiger partial charge in [0.2, 0.25) is 11.8 Å². The molecule has 1 aliphatic carbocycles. The van der Waals surface area contributed by atoms with Crippen LogP contribution in [0.1, 0.15) is 19.3 Å². The van der Waals surface area contributed by atoms with Gasteiger partial charge in [0.25, 0.3) is 0 Å². The Morgan fingerprint density at radius 3 is 2.81 bits per heavy atom. The lowest BCUT2D eigenvalue weighted by Crippen LogP contribution is -2.41. The highest BCUT2D eigenvalue weighted by Gasteiger charge is 2.37. The summed E-state index contributed by atoms with van der Waals surface area (Å²) in [7, 11) is 0.